The maximum atomic E-state index is 3.01. The van der Waals surface area contributed by atoms with Gasteiger partial charge in [-0.25, -0.2) is 0 Å². The molecule has 0 spiro atoms. The van der Waals surface area contributed by atoms with Crippen LogP contribution in [0.2, 0.25) is 0 Å². The second-order valence-electron chi connectivity index (χ2n) is 1.95. The molecule has 10 heavy (non-hydrogen) atoms. The molecule has 0 unspecified atom stereocenters. The van der Waals surface area contributed by atoms with Crippen molar-refractivity contribution in [1.29, 1.82) is 0 Å². The van der Waals surface area contributed by atoms with E-state index in [0.29, 0.717) is 0 Å². The molecule has 0 nitrogen and oxygen atoms in total. The minimum atomic E-state index is 0.912. The maximum absolute atomic E-state index is 3.01. The number of hydrogen-bond donors (Lipinski definition) is 0. The Morgan fingerprint density at radius 3 is 3.10 bits per heavy atom. The zero-order valence-corrected chi connectivity index (χ0v) is 6.02. The first-order valence-electron chi connectivity index (χ1n) is 3.38. The summed E-state index contributed by atoms with van der Waals surface area (Å²) in [6.45, 7) is 2.04. The molecular formula is C10H9. The summed E-state index contributed by atoms with van der Waals surface area (Å²) in [5.74, 6) is 6.01. The molecule has 0 heteroatoms. The van der Waals surface area contributed by atoms with Crippen molar-refractivity contribution in [3.05, 3.63) is 35.9 Å². The molecule has 1 aromatic carbocycles. The third-order valence-electron chi connectivity index (χ3n) is 1.12. The van der Waals surface area contributed by atoms with E-state index in [1.807, 2.05) is 31.2 Å². The lowest BCUT2D eigenvalue weighted by molar-refractivity contribution is 1.28. The Labute approximate surface area is 61.9 Å². The van der Waals surface area contributed by atoms with Crippen molar-refractivity contribution in [1.82, 2.24) is 0 Å². The summed E-state index contributed by atoms with van der Waals surface area (Å²) in [5, 5.41) is 0. The highest BCUT2D eigenvalue weighted by atomic mass is 13.8. The van der Waals surface area contributed by atoms with Crippen molar-refractivity contribution >= 4 is 0 Å². The third kappa shape index (κ3) is 1.95. The van der Waals surface area contributed by atoms with Gasteiger partial charge in [-0.05, 0) is 18.2 Å². The van der Waals surface area contributed by atoms with E-state index in [2.05, 4.69) is 17.9 Å². The van der Waals surface area contributed by atoms with Crippen molar-refractivity contribution in [3.63, 3.8) is 0 Å². The van der Waals surface area contributed by atoms with E-state index < -0.39 is 0 Å². The Morgan fingerprint density at radius 1 is 1.60 bits per heavy atom. The summed E-state index contributed by atoms with van der Waals surface area (Å²) in [6.07, 6.45) is 0.912. The first kappa shape index (κ1) is 6.89. The molecule has 0 aromatic heterocycles. The van der Waals surface area contributed by atoms with Gasteiger partial charge in [0, 0.05) is 12.0 Å². The quantitative estimate of drug-likeness (QED) is 0.471. The van der Waals surface area contributed by atoms with Crippen LogP contribution in [0.5, 0.6) is 0 Å². The zero-order chi connectivity index (χ0) is 7.23. The molecule has 0 saturated carbocycles. The second kappa shape index (κ2) is 3.74. The molecule has 0 aliphatic rings. The highest BCUT2D eigenvalue weighted by molar-refractivity contribution is 5.32. The largest absolute Gasteiger partial charge is 0.0982 e. The van der Waals surface area contributed by atoms with Crippen LogP contribution in [0.1, 0.15) is 18.9 Å². The van der Waals surface area contributed by atoms with E-state index in [-0.39, 0.29) is 0 Å². The number of rotatable bonds is 0. The average Bonchev–Trinajstić information content (AvgIpc) is 2.03. The summed E-state index contributed by atoms with van der Waals surface area (Å²) in [5.41, 5.74) is 1.05. The molecule has 0 fully saturated rings. The first-order chi connectivity index (χ1) is 4.93. The van der Waals surface area contributed by atoms with E-state index in [1.165, 1.54) is 0 Å². The molecule has 1 radical (unpaired) electrons. The third-order valence-corrected chi connectivity index (χ3v) is 1.12. The number of benzene rings is 1. The lowest BCUT2D eigenvalue weighted by Gasteiger charge is -1.83. The smallest absolute Gasteiger partial charge is 0.0251 e. The van der Waals surface area contributed by atoms with Crippen LogP contribution >= 0.6 is 0 Å². The van der Waals surface area contributed by atoms with E-state index >= 15 is 0 Å². The van der Waals surface area contributed by atoms with Crippen molar-refractivity contribution in [3.8, 4) is 11.8 Å². The molecule has 0 heterocycles. The molecule has 0 aliphatic carbocycles. The fourth-order valence-corrected chi connectivity index (χ4v) is 0.662. The van der Waals surface area contributed by atoms with Crippen LogP contribution < -0.4 is 0 Å². The lowest BCUT2D eigenvalue weighted by Crippen LogP contribution is -1.69. The second-order valence-corrected chi connectivity index (χ2v) is 1.95. The van der Waals surface area contributed by atoms with Gasteiger partial charge in [0.25, 0.3) is 0 Å². The Balaban J connectivity index is 2.76. The van der Waals surface area contributed by atoms with Gasteiger partial charge in [-0.3, -0.25) is 0 Å². The molecule has 0 atom stereocenters. The first-order valence-corrected chi connectivity index (χ1v) is 3.38. The number of hydrogen-bond acceptors (Lipinski definition) is 0. The van der Waals surface area contributed by atoms with E-state index in [9.17, 15) is 0 Å². The van der Waals surface area contributed by atoms with Gasteiger partial charge in [0.05, 0.1) is 0 Å². The summed E-state index contributed by atoms with van der Waals surface area (Å²) >= 11 is 0. The van der Waals surface area contributed by atoms with E-state index in [4.69, 9.17) is 0 Å². The summed E-state index contributed by atoms with van der Waals surface area (Å²) in [4.78, 5) is 0. The Hall–Kier alpha value is -1.22. The molecule has 0 amide bonds. The van der Waals surface area contributed by atoms with Gasteiger partial charge >= 0.3 is 0 Å². The molecule has 0 saturated heterocycles. The van der Waals surface area contributed by atoms with Crippen LogP contribution in [0.4, 0.5) is 0 Å². The minimum absolute atomic E-state index is 0.912. The fraction of sp³-hybridized carbons (Fsp3) is 0.200. The van der Waals surface area contributed by atoms with Gasteiger partial charge in [0.2, 0.25) is 0 Å². The predicted molar refractivity (Wildman–Crippen MR) is 42.4 cm³/mol. The summed E-state index contributed by atoms with van der Waals surface area (Å²) in [6, 6.07) is 10.7. The highest BCUT2D eigenvalue weighted by Gasteiger charge is 1.78. The van der Waals surface area contributed by atoms with Crippen molar-refractivity contribution in [2.45, 2.75) is 13.3 Å². The molecule has 0 aliphatic heterocycles. The highest BCUT2D eigenvalue weighted by Crippen LogP contribution is 1.93. The average molecular weight is 129 g/mol. The summed E-state index contributed by atoms with van der Waals surface area (Å²) in [7, 11) is 0. The van der Waals surface area contributed by atoms with Gasteiger partial charge in [-0.1, -0.05) is 30.9 Å². The standard InChI is InChI=1S/C10H9/c1-2-3-7-10-8-5-4-6-9-10/h4-5,8-9H,2H2,1H3. The van der Waals surface area contributed by atoms with E-state index in [1.54, 1.807) is 0 Å². The van der Waals surface area contributed by atoms with Crippen LogP contribution in [0, 0.1) is 17.9 Å². The lowest BCUT2D eigenvalue weighted by atomic mass is 10.2. The Kier molecular flexibility index (Phi) is 2.58. The van der Waals surface area contributed by atoms with Gasteiger partial charge in [-0.15, -0.1) is 0 Å². The van der Waals surface area contributed by atoms with Crippen LogP contribution in [0.25, 0.3) is 0 Å². The Bertz CT molecular complexity index is 236. The van der Waals surface area contributed by atoms with Gasteiger partial charge < -0.3 is 0 Å². The van der Waals surface area contributed by atoms with Gasteiger partial charge in [-0.2, -0.15) is 0 Å². The Morgan fingerprint density at radius 2 is 2.50 bits per heavy atom. The van der Waals surface area contributed by atoms with Gasteiger partial charge in [0.1, 0.15) is 0 Å². The molecule has 0 N–H and O–H groups in total. The van der Waals surface area contributed by atoms with Gasteiger partial charge in [0.15, 0.2) is 0 Å². The van der Waals surface area contributed by atoms with Crippen molar-refractivity contribution in [2.24, 2.45) is 0 Å². The SMILES string of the molecule is CCC#Cc1c[c]ccc1. The molecule has 1 aromatic rings. The molecule has 49 valence electrons. The van der Waals surface area contributed by atoms with Crippen LogP contribution in [0.15, 0.2) is 24.3 Å². The summed E-state index contributed by atoms with van der Waals surface area (Å²) < 4.78 is 0. The zero-order valence-electron chi connectivity index (χ0n) is 6.02. The van der Waals surface area contributed by atoms with Crippen molar-refractivity contribution < 1.29 is 0 Å². The monoisotopic (exact) mass is 129 g/mol. The maximum Gasteiger partial charge on any atom is 0.0251 e. The van der Waals surface area contributed by atoms with Crippen LogP contribution in [0.3, 0.4) is 0 Å². The topological polar surface area (TPSA) is 0 Å². The molecular weight excluding hydrogens is 120 g/mol. The van der Waals surface area contributed by atoms with Crippen LogP contribution in [-0.2, 0) is 0 Å². The van der Waals surface area contributed by atoms with E-state index in [0.717, 1.165) is 12.0 Å². The normalized spacial score (nSPS) is 8.10. The predicted octanol–water partition coefficient (Wildman–Crippen LogP) is 2.25. The van der Waals surface area contributed by atoms with Crippen LogP contribution in [-0.4, -0.2) is 0 Å². The molecule has 0 bridgehead atoms. The molecule has 1 rings (SSSR count). The fourth-order valence-electron chi connectivity index (χ4n) is 0.662. The minimum Gasteiger partial charge on any atom is -0.0982 e. The van der Waals surface area contributed by atoms with Crippen molar-refractivity contribution in [2.75, 3.05) is 0 Å².